The van der Waals surface area contributed by atoms with Gasteiger partial charge in [-0.1, -0.05) is 30.3 Å². The number of hydrogen-bond acceptors (Lipinski definition) is 3. The van der Waals surface area contributed by atoms with E-state index in [4.69, 9.17) is 0 Å². The van der Waals surface area contributed by atoms with Crippen molar-refractivity contribution in [2.45, 2.75) is 25.3 Å². The molecule has 0 bridgehead atoms. The van der Waals surface area contributed by atoms with E-state index in [1.165, 1.54) is 18.4 Å². The zero-order chi connectivity index (χ0) is 12.2. The highest BCUT2D eigenvalue weighted by molar-refractivity contribution is 5.16. The number of aromatic nitrogens is 3. The summed E-state index contributed by atoms with van der Waals surface area (Å²) in [6, 6.07) is 10.5. The predicted octanol–water partition coefficient (Wildman–Crippen LogP) is 1.79. The van der Waals surface area contributed by atoms with Crippen LogP contribution in [-0.4, -0.2) is 27.9 Å². The molecule has 0 saturated carbocycles. The summed E-state index contributed by atoms with van der Waals surface area (Å²) in [6.45, 7) is 3.01. The normalized spacial score (nSPS) is 19.9. The predicted molar refractivity (Wildman–Crippen MR) is 70.4 cm³/mol. The van der Waals surface area contributed by atoms with E-state index < -0.39 is 0 Å². The molecular weight excluding hydrogens is 224 g/mol. The molecule has 1 atom stereocenters. The minimum Gasteiger partial charge on any atom is -0.316 e. The molecule has 0 spiro atoms. The van der Waals surface area contributed by atoms with Gasteiger partial charge in [-0.05, 0) is 24.9 Å². The van der Waals surface area contributed by atoms with Crippen LogP contribution in [0.2, 0.25) is 0 Å². The summed E-state index contributed by atoms with van der Waals surface area (Å²) in [5.41, 5.74) is 1.29. The summed E-state index contributed by atoms with van der Waals surface area (Å²) >= 11 is 0. The molecule has 0 aliphatic carbocycles. The van der Waals surface area contributed by atoms with Crippen molar-refractivity contribution in [3.8, 4) is 0 Å². The van der Waals surface area contributed by atoms with E-state index in [2.05, 4.69) is 44.3 Å². The van der Waals surface area contributed by atoms with Crippen molar-refractivity contribution in [2.75, 3.05) is 13.1 Å². The fourth-order valence-corrected chi connectivity index (χ4v) is 2.55. The Balaban J connectivity index is 1.78. The van der Waals surface area contributed by atoms with E-state index in [9.17, 15) is 0 Å². The van der Waals surface area contributed by atoms with Gasteiger partial charge in [0.2, 0.25) is 0 Å². The van der Waals surface area contributed by atoms with Crippen molar-refractivity contribution in [3.63, 3.8) is 0 Å². The van der Waals surface area contributed by atoms with Gasteiger partial charge in [0, 0.05) is 12.5 Å². The van der Waals surface area contributed by atoms with Gasteiger partial charge in [0.1, 0.15) is 12.2 Å². The van der Waals surface area contributed by atoms with E-state index >= 15 is 0 Å². The Morgan fingerprint density at radius 3 is 2.94 bits per heavy atom. The maximum atomic E-state index is 4.31. The van der Waals surface area contributed by atoms with Gasteiger partial charge in [0.25, 0.3) is 0 Å². The van der Waals surface area contributed by atoms with Gasteiger partial charge in [-0.15, -0.1) is 10.2 Å². The Morgan fingerprint density at radius 1 is 1.28 bits per heavy atom. The Bertz CT molecular complexity index is 486. The minimum absolute atomic E-state index is 0.505. The first-order valence-corrected chi connectivity index (χ1v) is 6.56. The molecule has 2 heterocycles. The van der Waals surface area contributed by atoms with Crippen LogP contribution in [0.1, 0.15) is 30.1 Å². The number of nitrogens with one attached hydrogen (secondary N) is 1. The van der Waals surface area contributed by atoms with Crippen LogP contribution >= 0.6 is 0 Å². The topological polar surface area (TPSA) is 42.7 Å². The molecule has 0 amide bonds. The van der Waals surface area contributed by atoms with Crippen molar-refractivity contribution in [1.29, 1.82) is 0 Å². The van der Waals surface area contributed by atoms with Crippen molar-refractivity contribution in [3.05, 3.63) is 48.0 Å². The number of benzene rings is 1. The molecule has 1 saturated heterocycles. The van der Waals surface area contributed by atoms with Gasteiger partial charge in [-0.2, -0.15) is 0 Å². The summed E-state index contributed by atoms with van der Waals surface area (Å²) in [6.07, 6.45) is 4.28. The molecule has 3 rings (SSSR count). The van der Waals surface area contributed by atoms with Crippen LogP contribution < -0.4 is 5.32 Å². The monoisotopic (exact) mass is 242 g/mol. The van der Waals surface area contributed by atoms with Crippen molar-refractivity contribution in [1.82, 2.24) is 20.1 Å². The summed E-state index contributed by atoms with van der Waals surface area (Å²) in [4.78, 5) is 0. The van der Waals surface area contributed by atoms with Gasteiger partial charge in [0.05, 0.1) is 6.54 Å². The molecule has 1 N–H and O–H groups in total. The number of nitrogens with zero attached hydrogens (tertiary/aromatic N) is 3. The second-order valence-electron chi connectivity index (χ2n) is 4.85. The maximum absolute atomic E-state index is 4.31. The van der Waals surface area contributed by atoms with E-state index in [1.807, 2.05) is 12.4 Å². The lowest BCUT2D eigenvalue weighted by Crippen LogP contribution is -2.30. The largest absolute Gasteiger partial charge is 0.316 e. The lowest BCUT2D eigenvalue weighted by Gasteiger charge is -2.22. The third-order valence-corrected chi connectivity index (χ3v) is 3.50. The fraction of sp³-hybridized carbons (Fsp3) is 0.429. The van der Waals surface area contributed by atoms with E-state index in [-0.39, 0.29) is 0 Å². The lowest BCUT2D eigenvalue weighted by atomic mass is 9.99. The average Bonchev–Trinajstić information content (AvgIpc) is 2.89. The van der Waals surface area contributed by atoms with Crippen LogP contribution in [0.4, 0.5) is 0 Å². The molecule has 1 aliphatic rings. The molecule has 94 valence electrons. The van der Waals surface area contributed by atoms with E-state index in [1.54, 1.807) is 0 Å². The van der Waals surface area contributed by atoms with Crippen LogP contribution in [0.15, 0.2) is 36.7 Å². The lowest BCUT2D eigenvalue weighted by molar-refractivity contribution is 0.435. The van der Waals surface area contributed by atoms with Crippen LogP contribution in [0, 0.1) is 0 Å². The van der Waals surface area contributed by atoms with Crippen molar-refractivity contribution >= 4 is 0 Å². The third-order valence-electron chi connectivity index (χ3n) is 3.50. The Morgan fingerprint density at radius 2 is 2.17 bits per heavy atom. The van der Waals surface area contributed by atoms with Gasteiger partial charge in [-0.3, -0.25) is 0 Å². The van der Waals surface area contributed by atoms with Crippen LogP contribution in [0.25, 0.3) is 0 Å². The molecule has 2 aromatic rings. The third kappa shape index (κ3) is 2.43. The van der Waals surface area contributed by atoms with Crippen molar-refractivity contribution < 1.29 is 0 Å². The number of hydrogen-bond donors (Lipinski definition) is 1. The molecule has 1 aromatic carbocycles. The summed E-state index contributed by atoms with van der Waals surface area (Å²) < 4.78 is 2.17. The highest BCUT2D eigenvalue weighted by Crippen LogP contribution is 2.21. The zero-order valence-corrected chi connectivity index (χ0v) is 10.4. The maximum Gasteiger partial charge on any atom is 0.137 e. The molecule has 1 fully saturated rings. The molecule has 0 unspecified atom stereocenters. The smallest absolute Gasteiger partial charge is 0.137 e. The number of piperidine rings is 1. The molecule has 1 aliphatic heterocycles. The van der Waals surface area contributed by atoms with Crippen LogP contribution in [0.3, 0.4) is 0 Å². The summed E-state index contributed by atoms with van der Waals surface area (Å²) in [5.74, 6) is 1.62. The van der Waals surface area contributed by atoms with E-state index in [0.717, 1.165) is 25.5 Å². The zero-order valence-electron chi connectivity index (χ0n) is 10.4. The Hall–Kier alpha value is -1.68. The molecule has 18 heavy (non-hydrogen) atoms. The fourth-order valence-electron chi connectivity index (χ4n) is 2.55. The number of rotatable bonds is 3. The van der Waals surface area contributed by atoms with Gasteiger partial charge >= 0.3 is 0 Å². The second-order valence-corrected chi connectivity index (χ2v) is 4.85. The highest BCUT2D eigenvalue weighted by Gasteiger charge is 2.20. The van der Waals surface area contributed by atoms with E-state index in [0.29, 0.717) is 5.92 Å². The van der Waals surface area contributed by atoms with Gasteiger partial charge < -0.3 is 9.88 Å². The first-order valence-electron chi connectivity index (χ1n) is 6.56. The molecule has 4 nitrogen and oxygen atoms in total. The first-order chi connectivity index (χ1) is 8.93. The minimum atomic E-state index is 0.505. The first kappa shape index (κ1) is 11.4. The molecule has 0 radical (unpaired) electrons. The Kier molecular flexibility index (Phi) is 3.37. The average molecular weight is 242 g/mol. The standard InChI is InChI=1S/C14H18N4/c1-2-5-12(6-3-1)10-18-11-16-17-14(18)13-7-4-8-15-9-13/h1-3,5-6,11,13,15H,4,7-10H2/t13-/m1/s1. The van der Waals surface area contributed by atoms with Gasteiger partial charge in [-0.25, -0.2) is 0 Å². The molecule has 1 aromatic heterocycles. The summed E-state index contributed by atoms with van der Waals surface area (Å²) in [5, 5.41) is 11.8. The molecule has 4 heteroatoms. The van der Waals surface area contributed by atoms with Gasteiger partial charge in [0.15, 0.2) is 0 Å². The quantitative estimate of drug-likeness (QED) is 0.892. The van der Waals surface area contributed by atoms with Crippen molar-refractivity contribution in [2.24, 2.45) is 0 Å². The Labute approximate surface area is 107 Å². The summed E-state index contributed by atoms with van der Waals surface area (Å²) in [7, 11) is 0. The highest BCUT2D eigenvalue weighted by atomic mass is 15.3. The second kappa shape index (κ2) is 5.31. The molecular formula is C14H18N4. The van der Waals surface area contributed by atoms with Crippen LogP contribution in [0.5, 0.6) is 0 Å². The van der Waals surface area contributed by atoms with Crippen LogP contribution in [-0.2, 0) is 6.54 Å². The SMILES string of the molecule is c1ccc(Cn2cnnc2[C@@H]2CCCNC2)cc1.